The molecule has 2 N–H and O–H groups in total. The number of nitrogens with one attached hydrogen (secondary N) is 2. The SMILES string of the molecule is CCNc1nc(Nc2ccccc2SC)cc(-c2cccnc2)n1. The highest BCUT2D eigenvalue weighted by atomic mass is 32.2. The molecular weight excluding hydrogens is 318 g/mol. The highest BCUT2D eigenvalue weighted by Gasteiger charge is 2.08. The van der Waals surface area contributed by atoms with Gasteiger partial charge in [0.1, 0.15) is 5.82 Å². The van der Waals surface area contributed by atoms with E-state index in [1.807, 2.05) is 43.3 Å². The summed E-state index contributed by atoms with van der Waals surface area (Å²) in [4.78, 5) is 14.5. The van der Waals surface area contributed by atoms with E-state index in [1.54, 1.807) is 24.2 Å². The molecule has 2 aromatic heterocycles. The molecule has 0 saturated heterocycles. The maximum atomic E-state index is 4.57. The molecule has 6 heteroatoms. The Morgan fingerprint density at radius 3 is 2.71 bits per heavy atom. The second kappa shape index (κ2) is 7.79. The van der Waals surface area contributed by atoms with E-state index in [2.05, 4.69) is 37.9 Å². The summed E-state index contributed by atoms with van der Waals surface area (Å²) in [7, 11) is 0. The van der Waals surface area contributed by atoms with Crippen LogP contribution in [0.3, 0.4) is 0 Å². The zero-order chi connectivity index (χ0) is 16.8. The molecule has 0 spiro atoms. The van der Waals surface area contributed by atoms with Gasteiger partial charge in [-0.15, -0.1) is 11.8 Å². The number of aromatic nitrogens is 3. The van der Waals surface area contributed by atoms with Crippen LogP contribution in [0.1, 0.15) is 6.92 Å². The van der Waals surface area contributed by atoms with Gasteiger partial charge in [0.2, 0.25) is 5.95 Å². The molecule has 0 aliphatic rings. The van der Waals surface area contributed by atoms with Crippen LogP contribution in [0.15, 0.2) is 59.8 Å². The summed E-state index contributed by atoms with van der Waals surface area (Å²) in [5.41, 5.74) is 2.82. The summed E-state index contributed by atoms with van der Waals surface area (Å²) in [6.45, 7) is 2.79. The summed E-state index contributed by atoms with van der Waals surface area (Å²) in [5.74, 6) is 1.35. The van der Waals surface area contributed by atoms with Gasteiger partial charge in [0.25, 0.3) is 0 Å². The van der Waals surface area contributed by atoms with Gasteiger partial charge >= 0.3 is 0 Å². The van der Waals surface area contributed by atoms with Crippen LogP contribution >= 0.6 is 11.8 Å². The molecule has 122 valence electrons. The quantitative estimate of drug-likeness (QED) is 0.649. The minimum atomic E-state index is 0.600. The summed E-state index contributed by atoms with van der Waals surface area (Å²) in [6.07, 6.45) is 5.62. The van der Waals surface area contributed by atoms with Gasteiger partial charge in [0, 0.05) is 35.5 Å². The summed E-state index contributed by atoms with van der Waals surface area (Å²) >= 11 is 1.70. The average Bonchev–Trinajstić information content (AvgIpc) is 2.63. The Bertz CT molecular complexity index is 808. The van der Waals surface area contributed by atoms with Crippen molar-refractivity contribution in [2.45, 2.75) is 11.8 Å². The van der Waals surface area contributed by atoms with E-state index in [0.717, 1.165) is 29.3 Å². The fourth-order valence-electron chi connectivity index (χ4n) is 2.30. The second-order valence-corrected chi connectivity index (χ2v) is 5.91. The Kier molecular flexibility index (Phi) is 5.28. The van der Waals surface area contributed by atoms with Gasteiger partial charge in [-0.1, -0.05) is 12.1 Å². The van der Waals surface area contributed by atoms with E-state index < -0.39 is 0 Å². The number of rotatable bonds is 6. The van der Waals surface area contributed by atoms with E-state index in [1.165, 1.54) is 4.90 Å². The first-order valence-electron chi connectivity index (χ1n) is 7.73. The van der Waals surface area contributed by atoms with Gasteiger partial charge in [-0.25, -0.2) is 4.98 Å². The molecule has 24 heavy (non-hydrogen) atoms. The molecule has 0 bridgehead atoms. The Morgan fingerprint density at radius 2 is 1.96 bits per heavy atom. The highest BCUT2D eigenvalue weighted by Crippen LogP contribution is 2.29. The smallest absolute Gasteiger partial charge is 0.225 e. The van der Waals surface area contributed by atoms with Gasteiger partial charge in [-0.3, -0.25) is 4.98 Å². The average molecular weight is 337 g/mol. The highest BCUT2D eigenvalue weighted by molar-refractivity contribution is 7.98. The van der Waals surface area contributed by atoms with Gasteiger partial charge < -0.3 is 10.6 Å². The molecule has 0 saturated carbocycles. The van der Waals surface area contributed by atoms with E-state index >= 15 is 0 Å². The van der Waals surface area contributed by atoms with Crippen molar-refractivity contribution in [2.24, 2.45) is 0 Å². The third kappa shape index (κ3) is 3.83. The van der Waals surface area contributed by atoms with Gasteiger partial charge in [0.15, 0.2) is 0 Å². The second-order valence-electron chi connectivity index (χ2n) is 5.06. The zero-order valence-electron chi connectivity index (χ0n) is 13.7. The van der Waals surface area contributed by atoms with Gasteiger partial charge in [0.05, 0.1) is 11.4 Å². The van der Waals surface area contributed by atoms with E-state index in [-0.39, 0.29) is 0 Å². The number of benzene rings is 1. The maximum Gasteiger partial charge on any atom is 0.225 e. The molecule has 0 aliphatic heterocycles. The lowest BCUT2D eigenvalue weighted by atomic mass is 10.2. The lowest BCUT2D eigenvalue weighted by Crippen LogP contribution is -2.05. The van der Waals surface area contributed by atoms with Crippen molar-refractivity contribution in [2.75, 3.05) is 23.4 Å². The molecule has 0 atom stereocenters. The molecular formula is C18H19N5S. The van der Waals surface area contributed by atoms with Crippen molar-refractivity contribution < 1.29 is 0 Å². The number of hydrogen-bond donors (Lipinski definition) is 2. The fraction of sp³-hybridized carbons (Fsp3) is 0.167. The molecule has 0 amide bonds. The van der Waals surface area contributed by atoms with Crippen molar-refractivity contribution in [1.82, 2.24) is 15.0 Å². The molecule has 3 rings (SSSR count). The van der Waals surface area contributed by atoms with Crippen LogP contribution < -0.4 is 10.6 Å². The Balaban J connectivity index is 1.99. The molecule has 2 heterocycles. The van der Waals surface area contributed by atoms with Crippen molar-refractivity contribution in [1.29, 1.82) is 0 Å². The van der Waals surface area contributed by atoms with Crippen molar-refractivity contribution in [3.63, 3.8) is 0 Å². The number of hydrogen-bond acceptors (Lipinski definition) is 6. The van der Waals surface area contributed by atoms with Crippen molar-refractivity contribution in [3.8, 4) is 11.3 Å². The van der Waals surface area contributed by atoms with Gasteiger partial charge in [-0.2, -0.15) is 4.98 Å². The number of nitrogens with zero attached hydrogens (tertiary/aromatic N) is 3. The molecule has 3 aromatic rings. The first kappa shape index (κ1) is 16.3. The van der Waals surface area contributed by atoms with E-state index in [4.69, 9.17) is 0 Å². The Hall–Kier alpha value is -2.60. The first-order valence-corrected chi connectivity index (χ1v) is 8.96. The molecule has 0 fully saturated rings. The molecule has 1 aromatic carbocycles. The van der Waals surface area contributed by atoms with Crippen LogP contribution in [-0.4, -0.2) is 27.8 Å². The van der Waals surface area contributed by atoms with Crippen molar-refractivity contribution >= 4 is 29.2 Å². The third-order valence-electron chi connectivity index (χ3n) is 3.39. The van der Waals surface area contributed by atoms with Crippen LogP contribution in [0.5, 0.6) is 0 Å². The summed E-state index contributed by atoms with van der Waals surface area (Å²) in [5, 5.41) is 6.58. The van der Waals surface area contributed by atoms with Crippen LogP contribution in [0.25, 0.3) is 11.3 Å². The van der Waals surface area contributed by atoms with E-state index in [0.29, 0.717) is 5.95 Å². The number of anilines is 3. The third-order valence-corrected chi connectivity index (χ3v) is 4.18. The van der Waals surface area contributed by atoms with Crippen LogP contribution in [0, 0.1) is 0 Å². The monoisotopic (exact) mass is 337 g/mol. The summed E-state index contributed by atoms with van der Waals surface area (Å²) < 4.78 is 0. The molecule has 5 nitrogen and oxygen atoms in total. The summed E-state index contributed by atoms with van der Waals surface area (Å²) in [6, 6.07) is 14.0. The number of para-hydroxylation sites is 1. The normalized spacial score (nSPS) is 10.4. The zero-order valence-corrected chi connectivity index (χ0v) is 14.5. The molecule has 0 unspecified atom stereocenters. The molecule has 0 aliphatic carbocycles. The Labute approximate surface area is 146 Å². The van der Waals surface area contributed by atoms with Crippen LogP contribution in [0.4, 0.5) is 17.5 Å². The first-order chi connectivity index (χ1) is 11.8. The van der Waals surface area contributed by atoms with Crippen LogP contribution in [0.2, 0.25) is 0 Å². The lowest BCUT2D eigenvalue weighted by Gasteiger charge is -2.12. The fourth-order valence-corrected chi connectivity index (χ4v) is 2.85. The minimum Gasteiger partial charge on any atom is -0.354 e. The number of thioether (sulfide) groups is 1. The maximum absolute atomic E-state index is 4.57. The number of pyridine rings is 1. The molecule has 0 radical (unpaired) electrons. The Morgan fingerprint density at radius 1 is 1.08 bits per heavy atom. The predicted molar refractivity (Wildman–Crippen MR) is 101 cm³/mol. The van der Waals surface area contributed by atoms with Crippen molar-refractivity contribution in [3.05, 3.63) is 54.9 Å². The van der Waals surface area contributed by atoms with Crippen LogP contribution in [-0.2, 0) is 0 Å². The van der Waals surface area contributed by atoms with E-state index in [9.17, 15) is 0 Å². The minimum absolute atomic E-state index is 0.600. The standard InChI is InChI=1S/C18H19N5S/c1-3-20-18-22-15(13-7-6-10-19-12-13)11-17(23-18)21-14-8-4-5-9-16(14)24-2/h4-12H,3H2,1-2H3,(H2,20,21,22,23). The topological polar surface area (TPSA) is 62.7 Å². The largest absolute Gasteiger partial charge is 0.354 e. The lowest BCUT2D eigenvalue weighted by molar-refractivity contribution is 1.09. The van der Waals surface area contributed by atoms with Gasteiger partial charge in [-0.05, 0) is 37.4 Å². The predicted octanol–water partition coefficient (Wildman–Crippen LogP) is 4.44.